The Labute approximate surface area is 182 Å². The Morgan fingerprint density at radius 2 is 1.87 bits per heavy atom. The Balaban J connectivity index is 1.43. The quantitative estimate of drug-likeness (QED) is 0.662. The Bertz CT molecular complexity index is 1090. The van der Waals surface area contributed by atoms with Crippen molar-refractivity contribution < 1.29 is 9.59 Å². The van der Waals surface area contributed by atoms with E-state index in [1.807, 2.05) is 63.5 Å². The van der Waals surface area contributed by atoms with E-state index in [-0.39, 0.29) is 23.9 Å². The number of benzene rings is 2. The van der Waals surface area contributed by atoms with E-state index in [1.54, 1.807) is 4.90 Å². The fraction of sp³-hybridized carbons (Fsp3) is 0.375. The highest BCUT2D eigenvalue weighted by molar-refractivity contribution is 5.95. The van der Waals surface area contributed by atoms with Gasteiger partial charge in [-0.25, -0.2) is 9.78 Å². The van der Waals surface area contributed by atoms with Crippen LogP contribution in [0.1, 0.15) is 26.2 Å². The molecule has 1 saturated carbocycles. The minimum absolute atomic E-state index is 0.0498. The summed E-state index contributed by atoms with van der Waals surface area (Å²) in [6, 6.07) is 15.9. The molecule has 0 spiro atoms. The molecule has 3 amide bonds. The lowest BCUT2D eigenvalue weighted by molar-refractivity contribution is -0.121. The van der Waals surface area contributed by atoms with Gasteiger partial charge in [0.15, 0.2) is 0 Å². The van der Waals surface area contributed by atoms with Crippen LogP contribution in [0, 0.1) is 5.92 Å². The molecule has 31 heavy (non-hydrogen) atoms. The molecule has 2 aromatic carbocycles. The van der Waals surface area contributed by atoms with Crippen molar-refractivity contribution in [1.82, 2.24) is 20.2 Å². The maximum absolute atomic E-state index is 13.0. The first-order valence-corrected chi connectivity index (χ1v) is 10.8. The Kier molecular flexibility index (Phi) is 5.93. The average Bonchev–Trinajstić information content (AvgIpc) is 3.38. The Morgan fingerprint density at radius 1 is 1.13 bits per heavy atom. The van der Waals surface area contributed by atoms with Crippen molar-refractivity contribution in [3.05, 3.63) is 48.5 Å². The van der Waals surface area contributed by atoms with Crippen LogP contribution < -0.4 is 15.5 Å². The highest BCUT2D eigenvalue weighted by Crippen LogP contribution is 2.30. The number of fused-ring (bicyclic) bond motifs is 1. The smallest absolute Gasteiger partial charge is 0.314 e. The predicted molar refractivity (Wildman–Crippen MR) is 123 cm³/mol. The monoisotopic (exact) mass is 419 g/mol. The predicted octanol–water partition coefficient (Wildman–Crippen LogP) is 3.69. The van der Waals surface area contributed by atoms with Crippen LogP contribution in [0.3, 0.4) is 0 Å². The van der Waals surface area contributed by atoms with Gasteiger partial charge in [-0.1, -0.05) is 12.1 Å². The van der Waals surface area contributed by atoms with Crippen molar-refractivity contribution in [3.63, 3.8) is 0 Å². The van der Waals surface area contributed by atoms with E-state index in [0.717, 1.165) is 41.0 Å². The molecular formula is C24H29N5O2. The van der Waals surface area contributed by atoms with Gasteiger partial charge in [-0.2, -0.15) is 0 Å². The second-order valence-electron chi connectivity index (χ2n) is 8.14. The molecule has 0 radical (unpaired) electrons. The summed E-state index contributed by atoms with van der Waals surface area (Å²) in [5.41, 5.74) is 3.92. The SMILES string of the molecule is CCNC(=O)N[C@H]1CC[C@@H](C(=O)N(C)c2ccc(-c3nc4ccccc4n3C)cc2)C1. The first-order chi connectivity index (χ1) is 15.0. The van der Waals surface area contributed by atoms with Crippen LogP contribution in [0.15, 0.2) is 48.5 Å². The standard InChI is InChI=1S/C24H29N5O2/c1-4-25-24(31)26-18-12-9-17(15-18)23(30)28(2)19-13-10-16(11-14-19)22-27-20-7-5-6-8-21(20)29(22)3/h5-8,10-11,13-14,17-18H,4,9,12,15H2,1-3H3,(H2,25,26,31)/t17-,18+/m1/s1. The minimum Gasteiger partial charge on any atom is -0.338 e. The Morgan fingerprint density at radius 3 is 2.58 bits per heavy atom. The molecule has 0 unspecified atom stereocenters. The number of urea groups is 1. The summed E-state index contributed by atoms with van der Waals surface area (Å²) in [6.45, 7) is 2.48. The van der Waals surface area contributed by atoms with E-state index in [1.165, 1.54) is 0 Å². The third-order valence-electron chi connectivity index (χ3n) is 6.08. The van der Waals surface area contributed by atoms with E-state index in [2.05, 4.69) is 21.3 Å². The number of imidazole rings is 1. The van der Waals surface area contributed by atoms with Gasteiger partial charge in [0.25, 0.3) is 0 Å². The van der Waals surface area contributed by atoms with Crippen molar-refractivity contribution in [2.75, 3.05) is 18.5 Å². The van der Waals surface area contributed by atoms with Gasteiger partial charge in [0.05, 0.1) is 11.0 Å². The number of aryl methyl sites for hydroxylation is 1. The summed E-state index contributed by atoms with van der Waals surface area (Å²) in [5, 5.41) is 5.70. The van der Waals surface area contributed by atoms with Crippen LogP contribution in [-0.4, -0.2) is 41.1 Å². The zero-order chi connectivity index (χ0) is 22.0. The van der Waals surface area contributed by atoms with Crippen LogP contribution in [0.2, 0.25) is 0 Å². The van der Waals surface area contributed by atoms with Crippen LogP contribution in [0.4, 0.5) is 10.5 Å². The van der Waals surface area contributed by atoms with Gasteiger partial charge >= 0.3 is 6.03 Å². The van der Waals surface area contributed by atoms with Crippen molar-refractivity contribution in [3.8, 4) is 11.4 Å². The van der Waals surface area contributed by atoms with Crippen molar-refractivity contribution in [1.29, 1.82) is 0 Å². The summed E-state index contributed by atoms with van der Waals surface area (Å²) in [6.07, 6.45) is 2.30. The van der Waals surface area contributed by atoms with Crippen molar-refractivity contribution in [2.45, 2.75) is 32.2 Å². The van der Waals surface area contributed by atoms with Gasteiger partial charge in [0.1, 0.15) is 5.82 Å². The largest absolute Gasteiger partial charge is 0.338 e. The molecule has 4 rings (SSSR count). The zero-order valence-corrected chi connectivity index (χ0v) is 18.3. The van der Waals surface area contributed by atoms with Crippen LogP contribution in [0.5, 0.6) is 0 Å². The highest BCUT2D eigenvalue weighted by atomic mass is 16.2. The Hall–Kier alpha value is -3.35. The zero-order valence-electron chi connectivity index (χ0n) is 18.3. The summed E-state index contributed by atoms with van der Waals surface area (Å²) >= 11 is 0. The van der Waals surface area contributed by atoms with Gasteiger partial charge in [-0.05, 0) is 62.6 Å². The molecule has 0 bridgehead atoms. The number of rotatable bonds is 5. The molecule has 162 valence electrons. The number of nitrogens with zero attached hydrogens (tertiary/aromatic N) is 3. The topological polar surface area (TPSA) is 79.3 Å². The van der Waals surface area contributed by atoms with E-state index < -0.39 is 0 Å². The van der Waals surface area contributed by atoms with E-state index in [9.17, 15) is 9.59 Å². The molecule has 0 saturated heterocycles. The molecule has 2 N–H and O–H groups in total. The van der Waals surface area contributed by atoms with Gasteiger partial charge in [0, 0.05) is 43.9 Å². The number of hydrogen-bond acceptors (Lipinski definition) is 3. The summed E-state index contributed by atoms with van der Waals surface area (Å²) in [5.74, 6) is 0.920. The summed E-state index contributed by atoms with van der Waals surface area (Å²) in [7, 11) is 3.83. The molecular weight excluding hydrogens is 390 g/mol. The average molecular weight is 420 g/mol. The molecule has 0 aliphatic heterocycles. The maximum atomic E-state index is 13.0. The number of hydrogen-bond donors (Lipinski definition) is 2. The second-order valence-corrected chi connectivity index (χ2v) is 8.14. The maximum Gasteiger partial charge on any atom is 0.314 e. The van der Waals surface area contributed by atoms with Gasteiger partial charge in [-0.3, -0.25) is 4.79 Å². The second kappa shape index (κ2) is 8.79. The lowest BCUT2D eigenvalue weighted by atomic mass is 10.1. The molecule has 1 aliphatic rings. The summed E-state index contributed by atoms with van der Waals surface area (Å²) < 4.78 is 2.08. The first-order valence-electron chi connectivity index (χ1n) is 10.8. The van der Waals surface area contributed by atoms with Crippen molar-refractivity contribution in [2.24, 2.45) is 13.0 Å². The summed E-state index contributed by atoms with van der Waals surface area (Å²) in [4.78, 5) is 31.2. The third-order valence-corrected chi connectivity index (χ3v) is 6.08. The fourth-order valence-corrected chi connectivity index (χ4v) is 4.37. The molecule has 7 heteroatoms. The lowest BCUT2D eigenvalue weighted by Crippen LogP contribution is -2.41. The van der Waals surface area contributed by atoms with Gasteiger partial charge in [-0.15, -0.1) is 0 Å². The number of carbonyl (C=O) groups is 2. The van der Waals surface area contributed by atoms with Gasteiger partial charge in [0.2, 0.25) is 5.91 Å². The molecule has 1 fully saturated rings. The number of nitrogens with one attached hydrogen (secondary N) is 2. The first kappa shape index (κ1) is 20.9. The number of carbonyl (C=O) groups excluding carboxylic acids is 2. The fourth-order valence-electron chi connectivity index (χ4n) is 4.37. The normalized spacial score (nSPS) is 18.2. The minimum atomic E-state index is -0.161. The molecule has 7 nitrogen and oxygen atoms in total. The number of anilines is 1. The van der Waals surface area contributed by atoms with E-state index in [0.29, 0.717) is 13.0 Å². The number of para-hydroxylation sites is 2. The van der Waals surface area contributed by atoms with Crippen molar-refractivity contribution >= 4 is 28.7 Å². The molecule has 1 heterocycles. The lowest BCUT2D eigenvalue weighted by Gasteiger charge is -2.22. The molecule has 3 aromatic rings. The molecule has 2 atom stereocenters. The van der Waals surface area contributed by atoms with E-state index in [4.69, 9.17) is 4.98 Å². The number of aromatic nitrogens is 2. The number of amides is 3. The molecule has 1 aromatic heterocycles. The van der Waals surface area contributed by atoms with Gasteiger partial charge < -0.3 is 20.1 Å². The highest BCUT2D eigenvalue weighted by Gasteiger charge is 2.32. The molecule has 1 aliphatic carbocycles. The van der Waals surface area contributed by atoms with Crippen LogP contribution in [-0.2, 0) is 11.8 Å². The van der Waals surface area contributed by atoms with Crippen LogP contribution >= 0.6 is 0 Å². The van der Waals surface area contributed by atoms with Crippen LogP contribution in [0.25, 0.3) is 22.4 Å². The third kappa shape index (κ3) is 4.26. The van der Waals surface area contributed by atoms with E-state index >= 15 is 0 Å².